The molecule has 0 aromatic rings. The topological polar surface area (TPSA) is 80.7 Å². The van der Waals surface area contributed by atoms with Crippen LogP contribution in [0.5, 0.6) is 0 Å². The van der Waals surface area contributed by atoms with Crippen LogP contribution in [-0.2, 0) is 19.1 Å². The number of fused-ring (bicyclic) bond motifs is 5. The lowest BCUT2D eigenvalue weighted by Gasteiger charge is -2.63. The van der Waals surface area contributed by atoms with Crippen LogP contribution in [0.3, 0.4) is 0 Å². The van der Waals surface area contributed by atoms with Gasteiger partial charge in [-0.3, -0.25) is 14.4 Å². The molecule has 0 saturated heterocycles. The van der Waals surface area contributed by atoms with Crippen LogP contribution in [0, 0.1) is 39.9 Å². The fraction of sp³-hybridized carbons (Fsp3) is 0.741. The molecule has 34 heavy (non-hydrogen) atoms. The van der Waals surface area contributed by atoms with Gasteiger partial charge in [-0.2, -0.15) is 0 Å². The molecule has 3 saturated carbocycles. The van der Waals surface area contributed by atoms with Gasteiger partial charge in [0.05, 0.1) is 16.4 Å². The maximum atomic E-state index is 15.5. The quantitative estimate of drug-likeness (QED) is 0.458. The van der Waals surface area contributed by atoms with Crippen molar-refractivity contribution in [2.75, 3.05) is 6.61 Å². The first-order valence-corrected chi connectivity index (χ1v) is 12.6. The minimum atomic E-state index is -1.34. The number of Topliss-reactive ketones (excluding diaryl/α,β-unsaturated/α-hetero) is 1. The molecule has 4 aliphatic carbocycles. The fourth-order valence-electron chi connectivity index (χ4n) is 7.70. The second kappa shape index (κ2) is 7.99. The molecule has 0 unspecified atom stereocenters. The SMILES string of the molecule is C[C@@H]1C[C@@H]2[C@@H]3C[C@H](F)C4=CC(=O)C=C[C@]4(C)[C@@]3(Cl)[C@H](O)C[C@@]2(C)[C@H]1C(=O)COC(=O)C(C)(C)C. The maximum absolute atomic E-state index is 15.5. The van der Waals surface area contributed by atoms with Crippen LogP contribution in [0.4, 0.5) is 4.39 Å². The number of esters is 1. The molecule has 4 rings (SSSR count). The first-order valence-electron chi connectivity index (χ1n) is 12.2. The molecule has 4 aliphatic rings. The van der Waals surface area contributed by atoms with Gasteiger partial charge in [0, 0.05) is 11.3 Å². The average Bonchev–Trinajstić information content (AvgIpc) is 2.99. The van der Waals surface area contributed by atoms with E-state index in [2.05, 4.69) is 0 Å². The predicted molar refractivity (Wildman–Crippen MR) is 127 cm³/mol. The Bertz CT molecular complexity index is 982. The number of aliphatic hydroxyl groups is 1. The van der Waals surface area contributed by atoms with Gasteiger partial charge in [-0.1, -0.05) is 26.8 Å². The third kappa shape index (κ3) is 3.46. The Kier molecular flexibility index (Phi) is 6.01. The summed E-state index contributed by atoms with van der Waals surface area (Å²) in [4.78, 5) is 36.4. The number of allylic oxidation sites excluding steroid dienone is 4. The van der Waals surface area contributed by atoms with Gasteiger partial charge in [0.15, 0.2) is 11.6 Å². The Morgan fingerprint density at radius 1 is 1.24 bits per heavy atom. The number of alkyl halides is 2. The van der Waals surface area contributed by atoms with Gasteiger partial charge in [-0.15, -0.1) is 11.6 Å². The Morgan fingerprint density at radius 2 is 1.88 bits per heavy atom. The molecule has 0 spiro atoms. The van der Waals surface area contributed by atoms with E-state index in [1.54, 1.807) is 26.8 Å². The summed E-state index contributed by atoms with van der Waals surface area (Å²) in [7, 11) is 0. The lowest BCUT2D eigenvalue weighted by Crippen LogP contribution is -2.67. The van der Waals surface area contributed by atoms with Crippen LogP contribution in [0.1, 0.15) is 60.8 Å². The number of carbonyl (C=O) groups is 3. The smallest absolute Gasteiger partial charge is 0.311 e. The van der Waals surface area contributed by atoms with Crippen molar-refractivity contribution in [3.8, 4) is 0 Å². The number of hydrogen-bond acceptors (Lipinski definition) is 5. The van der Waals surface area contributed by atoms with Crippen molar-refractivity contribution in [3.05, 3.63) is 23.8 Å². The summed E-state index contributed by atoms with van der Waals surface area (Å²) in [6.07, 6.45) is 3.13. The molecule has 0 amide bonds. The van der Waals surface area contributed by atoms with Crippen molar-refractivity contribution in [1.82, 2.24) is 0 Å². The average molecular weight is 495 g/mol. The number of rotatable bonds is 3. The highest BCUT2D eigenvalue weighted by Gasteiger charge is 2.71. The Balaban J connectivity index is 1.67. The number of aliphatic hydroxyl groups excluding tert-OH is 1. The molecule has 0 bridgehead atoms. The minimum absolute atomic E-state index is 0.0201. The molecule has 5 nitrogen and oxygen atoms in total. The minimum Gasteiger partial charge on any atom is -0.457 e. The molecule has 0 aliphatic heterocycles. The van der Waals surface area contributed by atoms with E-state index in [9.17, 15) is 19.5 Å². The van der Waals surface area contributed by atoms with Crippen molar-refractivity contribution in [1.29, 1.82) is 0 Å². The van der Waals surface area contributed by atoms with Crippen molar-refractivity contribution in [2.45, 2.75) is 78.0 Å². The highest BCUT2D eigenvalue weighted by atomic mass is 35.5. The van der Waals surface area contributed by atoms with Crippen molar-refractivity contribution in [3.63, 3.8) is 0 Å². The summed E-state index contributed by atoms with van der Waals surface area (Å²) in [6.45, 7) is 10.7. The zero-order valence-electron chi connectivity index (χ0n) is 20.9. The van der Waals surface area contributed by atoms with E-state index in [4.69, 9.17) is 16.3 Å². The number of halogens is 2. The number of hydrogen-bond donors (Lipinski definition) is 1. The van der Waals surface area contributed by atoms with Crippen LogP contribution < -0.4 is 0 Å². The predicted octanol–water partition coefficient (Wildman–Crippen LogP) is 4.60. The molecule has 1 N–H and O–H groups in total. The van der Waals surface area contributed by atoms with Crippen LogP contribution in [0.2, 0.25) is 0 Å². The zero-order valence-corrected chi connectivity index (χ0v) is 21.6. The van der Waals surface area contributed by atoms with Gasteiger partial charge < -0.3 is 9.84 Å². The zero-order chi connectivity index (χ0) is 25.4. The van der Waals surface area contributed by atoms with Crippen molar-refractivity contribution >= 4 is 29.1 Å². The molecule has 188 valence electrons. The van der Waals surface area contributed by atoms with Gasteiger partial charge in [0.25, 0.3) is 0 Å². The molecule has 0 heterocycles. The van der Waals surface area contributed by atoms with E-state index in [1.807, 2.05) is 20.8 Å². The third-order valence-electron chi connectivity index (χ3n) is 9.27. The molecular formula is C27H36ClFO5. The van der Waals surface area contributed by atoms with Gasteiger partial charge in [-0.25, -0.2) is 4.39 Å². The second-order valence-corrected chi connectivity index (χ2v) is 13.1. The maximum Gasteiger partial charge on any atom is 0.311 e. The summed E-state index contributed by atoms with van der Waals surface area (Å²) < 4.78 is 20.9. The standard InChI is InChI=1S/C27H36ClFO5/c1-14-9-16-17-11-19(29)18-10-15(30)7-8-26(18,6)27(17,28)21(32)12-25(16,5)22(14)20(31)13-34-23(33)24(2,3)4/h7-8,10,14,16-17,19,21-22,32H,9,11-13H2,1-6H3/t14-,16-,17+,19+,21-,22-,25-,26+,27+/m1/s1. The van der Waals surface area contributed by atoms with E-state index in [-0.39, 0.29) is 48.8 Å². The lowest BCUT2D eigenvalue weighted by atomic mass is 9.46. The van der Waals surface area contributed by atoms with Crippen molar-refractivity contribution < 1.29 is 28.6 Å². The van der Waals surface area contributed by atoms with Crippen molar-refractivity contribution in [2.24, 2.45) is 39.9 Å². The van der Waals surface area contributed by atoms with Gasteiger partial charge >= 0.3 is 5.97 Å². The highest BCUT2D eigenvalue weighted by molar-refractivity contribution is 6.26. The normalized spacial score (nSPS) is 45.7. The summed E-state index contributed by atoms with van der Waals surface area (Å²) in [5.41, 5.74) is -1.97. The van der Waals surface area contributed by atoms with Crippen LogP contribution in [0.15, 0.2) is 23.8 Å². The summed E-state index contributed by atoms with van der Waals surface area (Å²) in [6, 6.07) is 0. The molecule has 0 radical (unpaired) electrons. The van der Waals surface area contributed by atoms with E-state index in [0.29, 0.717) is 12.0 Å². The van der Waals surface area contributed by atoms with Crippen LogP contribution in [0.25, 0.3) is 0 Å². The first kappa shape index (κ1) is 25.6. The Morgan fingerprint density at radius 3 is 2.50 bits per heavy atom. The molecule has 9 atom stereocenters. The molecule has 0 aromatic heterocycles. The molecule has 3 fully saturated rings. The van der Waals surface area contributed by atoms with Gasteiger partial charge in [0.1, 0.15) is 12.8 Å². The van der Waals surface area contributed by atoms with Gasteiger partial charge in [-0.05, 0) is 80.9 Å². The lowest BCUT2D eigenvalue weighted by molar-refractivity contribution is -0.159. The Hall–Kier alpha value is -1.53. The number of carbonyl (C=O) groups excluding carboxylic acids is 3. The molecular weight excluding hydrogens is 459 g/mol. The van der Waals surface area contributed by atoms with E-state index in [0.717, 1.165) is 0 Å². The molecule has 7 heteroatoms. The summed E-state index contributed by atoms with van der Waals surface area (Å²) in [5.74, 6) is -1.77. The number of ether oxygens (including phenoxy) is 1. The van der Waals surface area contributed by atoms with Crippen LogP contribution >= 0.6 is 11.6 Å². The Labute approximate surface area is 206 Å². The monoisotopic (exact) mass is 494 g/mol. The number of ketones is 2. The van der Waals surface area contributed by atoms with Gasteiger partial charge in [0.2, 0.25) is 0 Å². The second-order valence-electron chi connectivity index (χ2n) is 12.4. The highest BCUT2D eigenvalue weighted by Crippen LogP contribution is 2.70. The third-order valence-corrected chi connectivity index (χ3v) is 10.2. The van der Waals surface area contributed by atoms with E-state index in [1.165, 1.54) is 12.2 Å². The molecule has 0 aromatic carbocycles. The van der Waals surface area contributed by atoms with Crippen LogP contribution in [-0.4, -0.2) is 46.4 Å². The first-order chi connectivity index (χ1) is 15.6. The largest absolute Gasteiger partial charge is 0.457 e. The van der Waals surface area contributed by atoms with E-state index < -0.39 is 45.3 Å². The fourth-order valence-corrected chi connectivity index (χ4v) is 8.19. The summed E-state index contributed by atoms with van der Waals surface area (Å²) >= 11 is 7.34. The summed E-state index contributed by atoms with van der Waals surface area (Å²) in [5, 5.41) is 11.5. The van der Waals surface area contributed by atoms with E-state index >= 15 is 4.39 Å².